The van der Waals surface area contributed by atoms with Crippen molar-refractivity contribution in [3.8, 4) is 11.8 Å². The number of nitrogen functional groups attached to an aromatic ring is 1. The van der Waals surface area contributed by atoms with Gasteiger partial charge in [0.25, 0.3) is 0 Å². The molecule has 0 saturated heterocycles. The molecular formula is C15H13N5. The molecule has 5 heteroatoms. The van der Waals surface area contributed by atoms with Crippen LogP contribution in [0.25, 0.3) is 16.9 Å². The normalized spacial score (nSPS) is 10.7. The topological polar surface area (TPSA) is 80.5 Å². The van der Waals surface area contributed by atoms with E-state index in [-0.39, 0.29) is 0 Å². The number of hydrogen-bond acceptors (Lipinski definition) is 4. The Morgan fingerprint density at radius 1 is 1.30 bits per heavy atom. The molecule has 3 rings (SSSR count). The maximum absolute atomic E-state index is 9.36. The fourth-order valence-corrected chi connectivity index (χ4v) is 2.30. The number of nitrogens with zero attached hydrogens (tertiary/aromatic N) is 4. The van der Waals surface area contributed by atoms with Crippen molar-refractivity contribution in [2.45, 2.75) is 13.8 Å². The predicted octanol–water partition coefficient (Wildman–Crippen LogP) is 2.49. The van der Waals surface area contributed by atoms with Crippen LogP contribution in [-0.4, -0.2) is 14.5 Å². The second kappa shape index (κ2) is 4.35. The van der Waals surface area contributed by atoms with E-state index in [1.807, 2.05) is 38.1 Å². The molecule has 0 bridgehead atoms. The molecule has 5 nitrogen and oxygen atoms in total. The largest absolute Gasteiger partial charge is 0.369 e. The second-order valence-electron chi connectivity index (χ2n) is 4.74. The molecule has 1 aromatic carbocycles. The minimum Gasteiger partial charge on any atom is -0.369 e. The van der Waals surface area contributed by atoms with Gasteiger partial charge in [0.2, 0.25) is 5.95 Å². The van der Waals surface area contributed by atoms with Crippen LogP contribution in [-0.2, 0) is 0 Å². The van der Waals surface area contributed by atoms with Crippen LogP contribution in [0.2, 0.25) is 0 Å². The van der Waals surface area contributed by atoms with Crippen molar-refractivity contribution >= 4 is 17.1 Å². The third-order valence-corrected chi connectivity index (χ3v) is 3.26. The lowest BCUT2D eigenvalue weighted by molar-refractivity contribution is 1.07. The van der Waals surface area contributed by atoms with Gasteiger partial charge in [0.1, 0.15) is 11.6 Å². The lowest BCUT2D eigenvalue weighted by Gasteiger charge is -2.09. The van der Waals surface area contributed by atoms with Gasteiger partial charge in [0.15, 0.2) is 5.65 Å². The number of nitrogens with two attached hydrogens (primary N) is 1. The lowest BCUT2D eigenvalue weighted by atomic mass is 10.1. The van der Waals surface area contributed by atoms with Crippen molar-refractivity contribution in [3.05, 3.63) is 47.2 Å². The van der Waals surface area contributed by atoms with Crippen LogP contribution in [0.3, 0.4) is 0 Å². The highest BCUT2D eigenvalue weighted by Gasteiger charge is 2.15. The smallest absolute Gasteiger partial charge is 0.207 e. The van der Waals surface area contributed by atoms with E-state index < -0.39 is 0 Å². The van der Waals surface area contributed by atoms with Gasteiger partial charge in [0.05, 0.1) is 11.3 Å². The van der Waals surface area contributed by atoms with Gasteiger partial charge in [-0.2, -0.15) is 5.26 Å². The maximum Gasteiger partial charge on any atom is 0.207 e. The highest BCUT2D eigenvalue weighted by molar-refractivity contribution is 5.78. The van der Waals surface area contributed by atoms with Gasteiger partial charge in [-0.1, -0.05) is 12.1 Å². The van der Waals surface area contributed by atoms with E-state index in [1.54, 1.807) is 10.8 Å². The number of aryl methyl sites for hydroxylation is 2. The molecule has 0 atom stereocenters. The molecule has 0 aliphatic rings. The number of pyridine rings is 1. The molecule has 20 heavy (non-hydrogen) atoms. The molecule has 2 N–H and O–H groups in total. The number of hydrogen-bond donors (Lipinski definition) is 1. The molecule has 98 valence electrons. The summed E-state index contributed by atoms with van der Waals surface area (Å²) < 4.78 is 1.72. The minimum atomic E-state index is 0.334. The third-order valence-electron chi connectivity index (χ3n) is 3.26. The summed E-state index contributed by atoms with van der Waals surface area (Å²) in [7, 11) is 0. The fourth-order valence-electron chi connectivity index (χ4n) is 2.30. The van der Waals surface area contributed by atoms with Crippen LogP contribution in [0.5, 0.6) is 0 Å². The number of nitriles is 1. The summed E-state index contributed by atoms with van der Waals surface area (Å²) in [6.07, 6.45) is 1.77. The van der Waals surface area contributed by atoms with E-state index in [4.69, 9.17) is 5.73 Å². The highest BCUT2D eigenvalue weighted by atomic mass is 15.2. The Bertz CT molecular complexity index is 855. The molecular weight excluding hydrogens is 250 g/mol. The predicted molar refractivity (Wildman–Crippen MR) is 77.5 cm³/mol. The van der Waals surface area contributed by atoms with E-state index in [0.717, 1.165) is 16.6 Å². The molecule has 3 aromatic rings. The van der Waals surface area contributed by atoms with Gasteiger partial charge in [-0.15, -0.1) is 0 Å². The van der Waals surface area contributed by atoms with Crippen LogP contribution in [0, 0.1) is 25.2 Å². The molecule has 0 unspecified atom stereocenters. The first kappa shape index (κ1) is 12.2. The first-order valence-electron chi connectivity index (χ1n) is 6.22. The zero-order chi connectivity index (χ0) is 14.3. The number of fused-ring (bicyclic) bond motifs is 1. The molecule has 0 fully saturated rings. The van der Waals surface area contributed by atoms with Crippen molar-refractivity contribution in [1.29, 1.82) is 5.26 Å². The van der Waals surface area contributed by atoms with Gasteiger partial charge >= 0.3 is 0 Å². The molecule has 0 spiro atoms. The number of imidazole rings is 1. The van der Waals surface area contributed by atoms with Crippen molar-refractivity contribution in [1.82, 2.24) is 14.5 Å². The second-order valence-corrected chi connectivity index (χ2v) is 4.74. The summed E-state index contributed by atoms with van der Waals surface area (Å²) in [5.41, 5.74) is 10.6. The Balaban J connectivity index is 2.39. The standard InChI is InChI=1S/C15H13N5/c1-9-6-12-14(18-8-9)20(15(17)19-12)13-5-3-4-10(2)11(13)7-16/h3-6,8H,1-2H3,(H2,17,19). The zero-order valence-corrected chi connectivity index (χ0v) is 11.3. The van der Waals surface area contributed by atoms with Gasteiger partial charge in [-0.05, 0) is 37.1 Å². The van der Waals surface area contributed by atoms with Crippen LogP contribution in [0.1, 0.15) is 16.7 Å². The van der Waals surface area contributed by atoms with E-state index in [9.17, 15) is 5.26 Å². The summed E-state index contributed by atoms with van der Waals surface area (Å²) in [5.74, 6) is 0.334. The van der Waals surface area contributed by atoms with Crippen molar-refractivity contribution < 1.29 is 0 Å². The van der Waals surface area contributed by atoms with E-state index in [0.29, 0.717) is 22.8 Å². The van der Waals surface area contributed by atoms with Gasteiger partial charge in [0, 0.05) is 6.20 Å². The van der Waals surface area contributed by atoms with Crippen LogP contribution >= 0.6 is 0 Å². The number of benzene rings is 1. The Labute approximate surface area is 116 Å². The van der Waals surface area contributed by atoms with Gasteiger partial charge < -0.3 is 5.73 Å². The first-order chi connectivity index (χ1) is 9.61. The summed E-state index contributed by atoms with van der Waals surface area (Å²) >= 11 is 0. The maximum atomic E-state index is 9.36. The van der Waals surface area contributed by atoms with Crippen molar-refractivity contribution in [2.24, 2.45) is 0 Å². The monoisotopic (exact) mass is 263 g/mol. The summed E-state index contributed by atoms with van der Waals surface area (Å²) in [6.45, 7) is 3.85. The lowest BCUT2D eigenvalue weighted by Crippen LogP contribution is -2.04. The Hall–Kier alpha value is -2.87. The van der Waals surface area contributed by atoms with Gasteiger partial charge in [-0.25, -0.2) is 9.97 Å². The highest BCUT2D eigenvalue weighted by Crippen LogP contribution is 2.25. The summed E-state index contributed by atoms with van der Waals surface area (Å²) in [6, 6.07) is 9.79. The number of aromatic nitrogens is 3. The van der Waals surface area contributed by atoms with E-state index in [1.165, 1.54) is 0 Å². The SMILES string of the molecule is Cc1cnc2c(c1)nc(N)n2-c1cccc(C)c1C#N. The molecule has 0 aliphatic carbocycles. The number of rotatable bonds is 1. The molecule has 0 amide bonds. The summed E-state index contributed by atoms with van der Waals surface area (Å²) in [4.78, 5) is 8.72. The quantitative estimate of drug-likeness (QED) is 0.731. The van der Waals surface area contributed by atoms with Crippen LogP contribution in [0.4, 0.5) is 5.95 Å². The average molecular weight is 263 g/mol. The van der Waals surface area contributed by atoms with Crippen molar-refractivity contribution in [3.63, 3.8) is 0 Å². The number of anilines is 1. The first-order valence-corrected chi connectivity index (χ1v) is 6.22. The Morgan fingerprint density at radius 3 is 2.85 bits per heavy atom. The van der Waals surface area contributed by atoms with Crippen LogP contribution in [0.15, 0.2) is 30.5 Å². The zero-order valence-electron chi connectivity index (χ0n) is 11.3. The molecule has 0 aliphatic heterocycles. The molecule has 2 aromatic heterocycles. The summed E-state index contributed by atoms with van der Waals surface area (Å²) in [5, 5.41) is 9.36. The van der Waals surface area contributed by atoms with E-state index in [2.05, 4.69) is 16.0 Å². The average Bonchev–Trinajstić information content (AvgIpc) is 2.73. The van der Waals surface area contributed by atoms with Gasteiger partial charge in [-0.3, -0.25) is 4.57 Å². The van der Waals surface area contributed by atoms with Crippen molar-refractivity contribution in [2.75, 3.05) is 5.73 Å². The molecule has 2 heterocycles. The Kier molecular flexibility index (Phi) is 2.65. The fraction of sp³-hybridized carbons (Fsp3) is 0.133. The van der Waals surface area contributed by atoms with E-state index >= 15 is 0 Å². The van der Waals surface area contributed by atoms with Crippen LogP contribution < -0.4 is 5.73 Å². The molecule has 0 saturated carbocycles. The minimum absolute atomic E-state index is 0.334. The third kappa shape index (κ3) is 1.70. The Morgan fingerprint density at radius 2 is 2.10 bits per heavy atom. The molecule has 0 radical (unpaired) electrons.